The molecule has 0 aliphatic heterocycles. The van der Waals surface area contributed by atoms with Gasteiger partial charge in [-0.2, -0.15) is 0 Å². The van der Waals surface area contributed by atoms with Crippen molar-refractivity contribution in [2.45, 2.75) is 0 Å². The van der Waals surface area contributed by atoms with Crippen LogP contribution in [-0.2, 0) is 0 Å². The van der Waals surface area contributed by atoms with Crippen molar-refractivity contribution in [2.75, 3.05) is 5.73 Å². The van der Waals surface area contributed by atoms with E-state index in [4.69, 9.17) is 5.73 Å². The lowest BCUT2D eigenvalue weighted by Crippen LogP contribution is -1.88. The molecule has 0 saturated heterocycles. The summed E-state index contributed by atoms with van der Waals surface area (Å²) in [6, 6.07) is 8.22. The van der Waals surface area contributed by atoms with E-state index < -0.39 is 40.1 Å². The van der Waals surface area contributed by atoms with E-state index in [1.54, 1.807) is 24.3 Å². The van der Waals surface area contributed by atoms with E-state index in [0.29, 0.717) is 17.1 Å². The quantitative estimate of drug-likeness (QED) is 0.138. The van der Waals surface area contributed by atoms with Crippen LogP contribution in [0.5, 0.6) is 28.7 Å². The van der Waals surface area contributed by atoms with Gasteiger partial charge in [-0.1, -0.05) is 24.3 Å². The van der Waals surface area contributed by atoms with Crippen LogP contribution in [0.1, 0.15) is 10.4 Å². The third-order valence-corrected chi connectivity index (χ3v) is 3.81. The van der Waals surface area contributed by atoms with Crippen LogP contribution in [0.2, 0.25) is 0 Å². The third kappa shape index (κ3) is 2.47. The van der Waals surface area contributed by atoms with Gasteiger partial charge < -0.3 is 31.3 Å². The fourth-order valence-electron chi connectivity index (χ4n) is 2.43. The Hall–Kier alpha value is -4.01. The molecular weight excluding hydrogens is 342 g/mol. The Morgan fingerprint density at radius 2 is 1.42 bits per heavy atom. The van der Waals surface area contributed by atoms with Gasteiger partial charge in [-0.15, -0.1) is 10.2 Å². The highest BCUT2D eigenvalue weighted by molar-refractivity contribution is 6.01. The van der Waals surface area contributed by atoms with Crippen molar-refractivity contribution in [3.8, 4) is 28.7 Å². The molecule has 0 radical (unpaired) electrons. The number of phenolic OH excluding ortho intramolecular Hbond substituents is 5. The normalized spacial score (nSPS) is 11.2. The van der Waals surface area contributed by atoms with Crippen LogP contribution < -0.4 is 5.73 Å². The predicted octanol–water partition coefficient (Wildman–Crippen LogP) is 3.18. The number of azo groups is 1. The molecule has 3 aromatic carbocycles. The van der Waals surface area contributed by atoms with Crippen LogP contribution in [0, 0.1) is 0 Å². The maximum absolute atomic E-state index is 11.1. The topological polar surface area (TPSA) is 169 Å². The van der Waals surface area contributed by atoms with E-state index in [1.807, 2.05) is 0 Å². The van der Waals surface area contributed by atoms with Crippen molar-refractivity contribution in [3.05, 3.63) is 35.9 Å². The number of carbonyl (C=O) groups is 1. The zero-order chi connectivity index (χ0) is 19.0. The number of fused-ring (bicyclic) bond motifs is 1. The highest BCUT2D eigenvalue weighted by Gasteiger charge is 2.22. The largest absolute Gasteiger partial charge is 0.505 e. The molecule has 0 amide bonds. The molecule has 0 bridgehead atoms. The molecule has 0 atom stereocenters. The summed E-state index contributed by atoms with van der Waals surface area (Å²) >= 11 is 0. The average molecular weight is 355 g/mol. The molecule has 0 unspecified atom stereocenters. The summed E-state index contributed by atoms with van der Waals surface area (Å²) < 4.78 is 0. The lowest BCUT2D eigenvalue weighted by Gasteiger charge is -2.10. The lowest BCUT2D eigenvalue weighted by atomic mass is 10.0. The van der Waals surface area contributed by atoms with E-state index in [-0.39, 0.29) is 11.3 Å². The summed E-state index contributed by atoms with van der Waals surface area (Å²) in [5, 5.41) is 57.3. The smallest absolute Gasteiger partial charge is 0.206 e. The highest BCUT2D eigenvalue weighted by Crippen LogP contribution is 2.53. The number of nitrogens with two attached hydrogens (primary N) is 1. The molecule has 0 aromatic heterocycles. The maximum atomic E-state index is 11.1. The van der Waals surface area contributed by atoms with E-state index in [0.717, 1.165) is 0 Å². The minimum Gasteiger partial charge on any atom is -0.505 e. The second-order valence-corrected chi connectivity index (χ2v) is 5.36. The predicted molar refractivity (Wildman–Crippen MR) is 92.7 cm³/mol. The minimum absolute atomic E-state index is 0.0220. The van der Waals surface area contributed by atoms with Crippen LogP contribution in [0.25, 0.3) is 10.8 Å². The number of aldehydes is 1. The molecule has 0 saturated carbocycles. The van der Waals surface area contributed by atoms with Gasteiger partial charge in [0.1, 0.15) is 11.4 Å². The van der Waals surface area contributed by atoms with Gasteiger partial charge in [0.05, 0.1) is 5.56 Å². The monoisotopic (exact) mass is 355 g/mol. The number of nitrogen functional groups attached to an aromatic ring is 1. The first-order valence-electron chi connectivity index (χ1n) is 7.23. The lowest BCUT2D eigenvalue weighted by molar-refractivity contribution is 0.112. The Balaban J connectivity index is 2.25. The first-order valence-corrected chi connectivity index (χ1v) is 7.23. The van der Waals surface area contributed by atoms with Crippen molar-refractivity contribution >= 4 is 34.1 Å². The van der Waals surface area contributed by atoms with E-state index in [1.165, 1.54) is 6.07 Å². The van der Waals surface area contributed by atoms with Crippen molar-refractivity contribution in [3.63, 3.8) is 0 Å². The van der Waals surface area contributed by atoms with Crippen LogP contribution in [0.3, 0.4) is 0 Å². The molecule has 0 aliphatic carbocycles. The van der Waals surface area contributed by atoms with Gasteiger partial charge in [0, 0.05) is 5.39 Å². The molecule has 9 heteroatoms. The SMILES string of the molecule is Nc1c(O)c(O)c(O)c(O)c1N=Nc1c(O)c(C=O)cc2ccccc12. The highest BCUT2D eigenvalue weighted by atomic mass is 16.3. The number of anilines is 1. The van der Waals surface area contributed by atoms with Gasteiger partial charge in [-0.3, -0.25) is 4.79 Å². The summed E-state index contributed by atoms with van der Waals surface area (Å²) in [5.41, 5.74) is 4.43. The Morgan fingerprint density at radius 1 is 0.808 bits per heavy atom. The Kier molecular flexibility index (Phi) is 3.97. The van der Waals surface area contributed by atoms with Gasteiger partial charge in [0.2, 0.25) is 11.5 Å². The number of benzene rings is 3. The first-order chi connectivity index (χ1) is 12.4. The van der Waals surface area contributed by atoms with Crippen molar-refractivity contribution < 1.29 is 30.3 Å². The minimum atomic E-state index is -1.03. The molecule has 0 spiro atoms. The third-order valence-electron chi connectivity index (χ3n) is 3.81. The van der Waals surface area contributed by atoms with Gasteiger partial charge in [0.25, 0.3) is 0 Å². The molecule has 132 valence electrons. The molecular formula is C17H13N3O6. The number of phenols is 5. The standard InChI is InChI=1S/C17H13N3O6/c18-10-12(15(24)17(26)16(25)14(10)23)20-19-11-9-4-2-1-3-7(9)5-8(6-21)13(11)22/h1-6,22-26H,18H2. The molecule has 26 heavy (non-hydrogen) atoms. The fraction of sp³-hybridized carbons (Fsp3) is 0. The summed E-state index contributed by atoms with van der Waals surface area (Å²) in [6.07, 6.45) is 0.449. The van der Waals surface area contributed by atoms with Gasteiger partial charge in [-0.05, 0) is 11.5 Å². The van der Waals surface area contributed by atoms with E-state index in [9.17, 15) is 30.3 Å². The van der Waals surface area contributed by atoms with Crippen molar-refractivity contribution in [2.24, 2.45) is 10.2 Å². The molecule has 3 aromatic rings. The second-order valence-electron chi connectivity index (χ2n) is 5.36. The summed E-state index contributed by atoms with van der Waals surface area (Å²) in [4.78, 5) is 11.1. The molecule has 0 fully saturated rings. The van der Waals surface area contributed by atoms with Gasteiger partial charge in [0.15, 0.2) is 29.2 Å². The fourth-order valence-corrected chi connectivity index (χ4v) is 2.43. The van der Waals surface area contributed by atoms with Crippen molar-refractivity contribution in [1.29, 1.82) is 0 Å². The van der Waals surface area contributed by atoms with Crippen LogP contribution in [-0.4, -0.2) is 31.8 Å². The Morgan fingerprint density at radius 3 is 2.12 bits per heavy atom. The van der Waals surface area contributed by atoms with Crippen LogP contribution in [0.15, 0.2) is 40.6 Å². The van der Waals surface area contributed by atoms with Gasteiger partial charge in [-0.25, -0.2) is 0 Å². The second kappa shape index (κ2) is 6.13. The first kappa shape index (κ1) is 16.8. The Bertz CT molecular complexity index is 1050. The number of nitrogens with zero attached hydrogens (tertiary/aromatic N) is 2. The molecule has 3 rings (SSSR count). The average Bonchev–Trinajstić information content (AvgIpc) is 2.65. The molecule has 9 nitrogen and oxygen atoms in total. The van der Waals surface area contributed by atoms with Crippen LogP contribution >= 0.6 is 0 Å². The van der Waals surface area contributed by atoms with E-state index >= 15 is 0 Å². The molecule has 0 heterocycles. The summed E-state index contributed by atoms with van der Waals surface area (Å²) in [5.74, 6) is -4.26. The van der Waals surface area contributed by atoms with E-state index in [2.05, 4.69) is 10.2 Å². The van der Waals surface area contributed by atoms with Crippen LogP contribution in [0.4, 0.5) is 17.1 Å². The van der Waals surface area contributed by atoms with Gasteiger partial charge >= 0.3 is 0 Å². The number of rotatable bonds is 3. The molecule has 7 N–H and O–H groups in total. The summed E-state index contributed by atoms with van der Waals surface area (Å²) in [6.45, 7) is 0. The number of hydrogen-bond acceptors (Lipinski definition) is 9. The Labute approximate surface area is 145 Å². The number of hydrogen-bond donors (Lipinski definition) is 6. The summed E-state index contributed by atoms with van der Waals surface area (Å²) in [7, 11) is 0. The van der Waals surface area contributed by atoms with Crippen molar-refractivity contribution in [1.82, 2.24) is 0 Å². The zero-order valence-corrected chi connectivity index (χ0v) is 13.1. The number of carbonyl (C=O) groups excluding carboxylic acids is 1. The number of aromatic hydroxyl groups is 5. The molecule has 0 aliphatic rings. The maximum Gasteiger partial charge on any atom is 0.206 e. The zero-order valence-electron chi connectivity index (χ0n) is 13.1.